The molecule has 0 heterocycles. The van der Waals surface area contributed by atoms with Crippen LogP contribution in [0.15, 0.2) is 40.9 Å². The third-order valence-electron chi connectivity index (χ3n) is 3.33. The topological polar surface area (TPSA) is 21.3 Å². The van der Waals surface area contributed by atoms with Crippen molar-refractivity contribution in [2.75, 3.05) is 0 Å². The molecule has 0 amide bonds. The minimum absolute atomic E-state index is 0.188. The predicted molar refractivity (Wildman–Crippen MR) is 85.5 cm³/mol. The minimum atomic E-state index is -0.412. The highest BCUT2D eigenvalue weighted by atomic mass is 79.9. The van der Waals surface area contributed by atoms with E-state index in [-0.39, 0.29) is 5.75 Å². The molecule has 0 unspecified atom stereocenters. The first-order valence-electron chi connectivity index (χ1n) is 6.77. The fourth-order valence-corrected chi connectivity index (χ4v) is 2.58. The first kappa shape index (κ1) is 14.8. The van der Waals surface area contributed by atoms with Crippen LogP contribution < -0.4 is 10.1 Å². The lowest BCUT2D eigenvalue weighted by atomic mass is 10.2. The summed E-state index contributed by atoms with van der Waals surface area (Å²) in [5.74, 6) is 0.357. The van der Waals surface area contributed by atoms with Crippen molar-refractivity contribution in [3.8, 4) is 11.5 Å². The zero-order valence-electron chi connectivity index (χ0n) is 11.2. The average molecular weight is 371 g/mol. The van der Waals surface area contributed by atoms with Gasteiger partial charge in [0.1, 0.15) is 5.75 Å². The number of benzene rings is 2. The first-order valence-corrected chi connectivity index (χ1v) is 7.94. The van der Waals surface area contributed by atoms with Crippen molar-refractivity contribution >= 4 is 27.5 Å². The van der Waals surface area contributed by atoms with E-state index < -0.39 is 5.82 Å². The average Bonchev–Trinajstić information content (AvgIpc) is 3.25. The van der Waals surface area contributed by atoms with Gasteiger partial charge in [0.25, 0.3) is 0 Å². The van der Waals surface area contributed by atoms with Crippen molar-refractivity contribution < 1.29 is 9.13 Å². The zero-order chi connectivity index (χ0) is 14.8. The fraction of sp³-hybridized carbons (Fsp3) is 0.250. The summed E-state index contributed by atoms with van der Waals surface area (Å²) in [6.07, 6.45) is 2.39. The highest BCUT2D eigenvalue weighted by Gasteiger charge is 2.21. The van der Waals surface area contributed by atoms with Gasteiger partial charge in [-0.05, 0) is 43.2 Å². The van der Waals surface area contributed by atoms with Crippen LogP contribution >= 0.6 is 27.5 Å². The minimum Gasteiger partial charge on any atom is -0.454 e. The van der Waals surface area contributed by atoms with Crippen molar-refractivity contribution in [3.05, 3.63) is 57.3 Å². The van der Waals surface area contributed by atoms with Gasteiger partial charge in [-0.3, -0.25) is 0 Å². The second kappa shape index (κ2) is 6.34. The van der Waals surface area contributed by atoms with Crippen LogP contribution in [-0.2, 0) is 6.54 Å². The van der Waals surface area contributed by atoms with E-state index in [1.807, 2.05) is 6.07 Å². The molecule has 2 aromatic rings. The van der Waals surface area contributed by atoms with Crippen LogP contribution in [-0.4, -0.2) is 6.04 Å². The summed E-state index contributed by atoms with van der Waals surface area (Å²) in [5, 5.41) is 4.02. The van der Waals surface area contributed by atoms with Crippen LogP contribution in [0.2, 0.25) is 5.02 Å². The molecule has 3 rings (SSSR count). The normalized spacial score (nSPS) is 14.2. The largest absolute Gasteiger partial charge is 0.454 e. The Morgan fingerprint density at radius 3 is 2.76 bits per heavy atom. The molecule has 0 saturated heterocycles. The van der Waals surface area contributed by atoms with Crippen molar-refractivity contribution in [2.24, 2.45) is 0 Å². The number of hydrogen-bond acceptors (Lipinski definition) is 2. The Balaban J connectivity index is 1.84. The highest BCUT2D eigenvalue weighted by molar-refractivity contribution is 9.10. The molecular formula is C16H14BrClFNO. The molecule has 1 fully saturated rings. The number of rotatable bonds is 5. The summed E-state index contributed by atoms with van der Waals surface area (Å²) in [6, 6.07) is 10.7. The van der Waals surface area contributed by atoms with Crippen LogP contribution in [0.5, 0.6) is 11.5 Å². The first-order chi connectivity index (χ1) is 10.1. The van der Waals surface area contributed by atoms with Gasteiger partial charge < -0.3 is 10.1 Å². The lowest BCUT2D eigenvalue weighted by Crippen LogP contribution is -2.16. The van der Waals surface area contributed by atoms with E-state index >= 15 is 0 Å². The van der Waals surface area contributed by atoms with Crippen molar-refractivity contribution in [3.63, 3.8) is 0 Å². The smallest absolute Gasteiger partial charge is 0.166 e. The Morgan fingerprint density at radius 1 is 1.24 bits per heavy atom. The summed E-state index contributed by atoms with van der Waals surface area (Å²) in [5.41, 5.74) is 0.855. The summed E-state index contributed by atoms with van der Waals surface area (Å²) >= 11 is 9.47. The Kier molecular flexibility index (Phi) is 4.48. The second-order valence-corrected chi connectivity index (χ2v) is 6.37. The maximum Gasteiger partial charge on any atom is 0.166 e. The van der Waals surface area contributed by atoms with E-state index in [2.05, 4.69) is 21.2 Å². The van der Waals surface area contributed by atoms with E-state index in [9.17, 15) is 4.39 Å². The maximum atomic E-state index is 13.9. The van der Waals surface area contributed by atoms with Crippen LogP contribution in [0.4, 0.5) is 4.39 Å². The molecule has 110 valence electrons. The molecule has 1 saturated carbocycles. The van der Waals surface area contributed by atoms with E-state index in [0.717, 1.165) is 5.56 Å². The predicted octanol–water partition coefficient (Wildman–Crippen LogP) is 5.29. The lowest BCUT2D eigenvalue weighted by Gasteiger charge is -2.14. The number of halogens is 3. The van der Waals surface area contributed by atoms with Crippen LogP contribution in [0.1, 0.15) is 18.4 Å². The Bertz CT molecular complexity index is 661. The van der Waals surface area contributed by atoms with Gasteiger partial charge in [-0.15, -0.1) is 0 Å². The summed E-state index contributed by atoms with van der Waals surface area (Å²) in [4.78, 5) is 0. The zero-order valence-corrected chi connectivity index (χ0v) is 13.5. The van der Waals surface area contributed by atoms with Gasteiger partial charge in [0.05, 0.1) is 0 Å². The van der Waals surface area contributed by atoms with Gasteiger partial charge in [-0.25, -0.2) is 4.39 Å². The van der Waals surface area contributed by atoms with Gasteiger partial charge in [0, 0.05) is 27.6 Å². The summed E-state index contributed by atoms with van der Waals surface area (Å²) in [6.45, 7) is 0.623. The van der Waals surface area contributed by atoms with Gasteiger partial charge in [0.15, 0.2) is 11.6 Å². The molecular weight excluding hydrogens is 357 g/mol. The standard InChI is InChI=1S/C16H14BrClFNO/c17-10-4-7-16(14(19)8-10)21-15-3-1-2-13(18)12(15)9-20-11-5-6-11/h1-4,7-8,11,20H,5-6,9H2. The molecule has 2 aromatic carbocycles. The molecule has 0 aromatic heterocycles. The second-order valence-electron chi connectivity index (χ2n) is 5.05. The van der Waals surface area contributed by atoms with E-state index in [1.54, 1.807) is 24.3 Å². The Hall–Kier alpha value is -1.10. The van der Waals surface area contributed by atoms with Gasteiger partial charge in [-0.2, -0.15) is 0 Å². The number of hydrogen-bond donors (Lipinski definition) is 1. The van der Waals surface area contributed by atoms with Gasteiger partial charge >= 0.3 is 0 Å². The van der Waals surface area contributed by atoms with E-state index in [1.165, 1.54) is 18.9 Å². The van der Waals surface area contributed by atoms with Gasteiger partial charge in [0.2, 0.25) is 0 Å². The van der Waals surface area contributed by atoms with Crippen molar-refractivity contribution in [2.45, 2.75) is 25.4 Å². The third kappa shape index (κ3) is 3.76. The number of nitrogens with one attached hydrogen (secondary N) is 1. The fourth-order valence-electron chi connectivity index (χ4n) is 2.02. The van der Waals surface area contributed by atoms with E-state index in [4.69, 9.17) is 16.3 Å². The monoisotopic (exact) mass is 369 g/mol. The summed E-state index contributed by atoms with van der Waals surface area (Å²) in [7, 11) is 0. The lowest BCUT2D eigenvalue weighted by molar-refractivity contribution is 0.435. The molecule has 0 radical (unpaired) electrons. The molecule has 1 aliphatic rings. The van der Waals surface area contributed by atoms with Crippen molar-refractivity contribution in [1.82, 2.24) is 5.32 Å². The molecule has 0 atom stereocenters. The van der Waals surface area contributed by atoms with Crippen molar-refractivity contribution in [1.29, 1.82) is 0 Å². The Labute approximate surface area is 136 Å². The quantitative estimate of drug-likeness (QED) is 0.772. The number of ether oxygens (including phenoxy) is 1. The SMILES string of the molecule is Fc1cc(Br)ccc1Oc1cccc(Cl)c1CNC1CC1. The molecule has 0 spiro atoms. The molecule has 21 heavy (non-hydrogen) atoms. The molecule has 5 heteroatoms. The Morgan fingerprint density at radius 2 is 2.05 bits per heavy atom. The van der Waals surface area contributed by atoms with Crippen LogP contribution in [0.3, 0.4) is 0 Å². The molecule has 0 aliphatic heterocycles. The third-order valence-corrected chi connectivity index (χ3v) is 4.18. The summed E-state index contributed by atoms with van der Waals surface area (Å²) < 4.78 is 20.3. The van der Waals surface area contributed by atoms with Crippen LogP contribution in [0.25, 0.3) is 0 Å². The van der Waals surface area contributed by atoms with Gasteiger partial charge in [-0.1, -0.05) is 33.6 Å². The van der Waals surface area contributed by atoms with Crippen LogP contribution in [0, 0.1) is 5.82 Å². The maximum absolute atomic E-state index is 13.9. The molecule has 1 N–H and O–H groups in total. The molecule has 1 aliphatic carbocycles. The highest BCUT2D eigenvalue weighted by Crippen LogP contribution is 2.33. The molecule has 0 bridgehead atoms. The van der Waals surface area contributed by atoms with E-state index in [0.29, 0.717) is 27.8 Å². The molecule has 2 nitrogen and oxygen atoms in total.